The predicted molar refractivity (Wildman–Crippen MR) is 96.6 cm³/mol. The summed E-state index contributed by atoms with van der Waals surface area (Å²) in [6.07, 6.45) is 4.10. The second-order valence-corrected chi connectivity index (χ2v) is 7.37. The average molecular weight is 400 g/mol. The molecule has 128 valence electrons. The van der Waals surface area contributed by atoms with Gasteiger partial charge in [-0.05, 0) is 23.8 Å². The third-order valence-corrected chi connectivity index (χ3v) is 5.55. The molecule has 1 fully saturated rings. The number of fused-ring (bicyclic) bond motifs is 1. The van der Waals surface area contributed by atoms with Gasteiger partial charge in [-0.25, -0.2) is 0 Å². The number of carbonyl (C=O) groups is 1. The fraction of sp³-hybridized carbons (Fsp3) is 0.250. The zero-order chi connectivity index (χ0) is 17.4. The monoisotopic (exact) mass is 399 g/mol. The van der Waals surface area contributed by atoms with Crippen LogP contribution in [0.4, 0.5) is 0 Å². The number of hydrogen-bond donors (Lipinski definition) is 1. The van der Waals surface area contributed by atoms with Crippen LogP contribution in [0.5, 0.6) is 11.5 Å². The van der Waals surface area contributed by atoms with Crippen molar-refractivity contribution < 1.29 is 19.5 Å². The Bertz CT molecular complexity index is 869. The lowest BCUT2D eigenvalue weighted by Crippen LogP contribution is -3.08. The van der Waals surface area contributed by atoms with Crippen LogP contribution >= 0.6 is 15.9 Å². The Morgan fingerprint density at radius 3 is 2.68 bits per heavy atom. The number of ether oxygens (including phenoxy) is 1. The summed E-state index contributed by atoms with van der Waals surface area (Å²) >= 11 is 3.48. The highest BCUT2D eigenvalue weighted by atomic mass is 79.9. The van der Waals surface area contributed by atoms with Crippen LogP contribution < -0.4 is 14.7 Å². The van der Waals surface area contributed by atoms with E-state index >= 15 is 0 Å². The molecule has 1 saturated heterocycles. The number of rotatable bonds is 3. The van der Waals surface area contributed by atoms with Gasteiger partial charge in [0.1, 0.15) is 12.3 Å². The number of carbonyl (C=O) groups excluding carboxylic acids is 1. The van der Waals surface area contributed by atoms with Gasteiger partial charge in [-0.15, -0.1) is 0 Å². The van der Waals surface area contributed by atoms with Crippen molar-refractivity contribution in [2.75, 3.05) is 13.1 Å². The average Bonchev–Trinajstić information content (AvgIpc) is 3.21. The van der Waals surface area contributed by atoms with Gasteiger partial charge >= 0.3 is 0 Å². The molecule has 0 radical (unpaired) electrons. The largest absolute Gasteiger partial charge is 0.872 e. The minimum atomic E-state index is -0.163. The summed E-state index contributed by atoms with van der Waals surface area (Å²) in [5, 5.41) is 12.4. The Morgan fingerprint density at radius 1 is 1.16 bits per heavy atom. The SMILES string of the molecule is O=C1C(=Cc2ccccc2Br)Oc2c1ccc([O-])c2C[NH+]1CCCC1. The second kappa shape index (κ2) is 6.65. The first kappa shape index (κ1) is 16.4. The number of ketones is 1. The van der Waals surface area contributed by atoms with Gasteiger partial charge in [0.05, 0.1) is 18.7 Å². The van der Waals surface area contributed by atoms with Gasteiger partial charge in [0.2, 0.25) is 5.78 Å². The third-order valence-electron chi connectivity index (χ3n) is 4.83. The molecular formula is C20H18BrNO3. The molecule has 2 aromatic rings. The van der Waals surface area contributed by atoms with E-state index in [0.717, 1.165) is 23.1 Å². The molecule has 2 aromatic carbocycles. The Morgan fingerprint density at radius 2 is 1.92 bits per heavy atom. The van der Waals surface area contributed by atoms with Crippen LogP contribution in [0.25, 0.3) is 6.08 Å². The van der Waals surface area contributed by atoms with Crippen molar-refractivity contribution in [3.05, 3.63) is 63.3 Å². The Kier molecular flexibility index (Phi) is 4.36. The Hall–Kier alpha value is -2.11. The zero-order valence-corrected chi connectivity index (χ0v) is 15.3. The molecule has 0 unspecified atom stereocenters. The fourth-order valence-corrected chi connectivity index (χ4v) is 3.89. The van der Waals surface area contributed by atoms with E-state index in [0.29, 0.717) is 23.4 Å². The van der Waals surface area contributed by atoms with Crippen molar-refractivity contribution in [1.29, 1.82) is 0 Å². The minimum Gasteiger partial charge on any atom is -0.872 e. The molecule has 25 heavy (non-hydrogen) atoms. The van der Waals surface area contributed by atoms with Crippen LogP contribution in [0.3, 0.4) is 0 Å². The topological polar surface area (TPSA) is 53.8 Å². The fourth-order valence-electron chi connectivity index (χ4n) is 3.49. The van der Waals surface area contributed by atoms with E-state index in [-0.39, 0.29) is 17.3 Å². The number of Topliss-reactive ketones (excluding diaryl/α,β-unsaturated/α-hetero) is 1. The molecule has 0 bridgehead atoms. The van der Waals surface area contributed by atoms with Gasteiger partial charge in [-0.1, -0.05) is 45.9 Å². The standard InChI is InChI=1S/C20H18BrNO3/c21-16-6-2-1-5-13(16)11-18-19(24)14-7-8-17(23)15(20(14)25-18)12-22-9-3-4-10-22/h1-2,5-8,11,23H,3-4,9-10,12H2. The summed E-state index contributed by atoms with van der Waals surface area (Å²) in [5.74, 6) is 0.511. The molecule has 1 N–H and O–H groups in total. The van der Waals surface area contributed by atoms with E-state index in [9.17, 15) is 9.90 Å². The van der Waals surface area contributed by atoms with Gasteiger partial charge in [0.15, 0.2) is 5.76 Å². The summed E-state index contributed by atoms with van der Waals surface area (Å²) in [4.78, 5) is 14.1. The van der Waals surface area contributed by atoms with Gasteiger partial charge in [0, 0.05) is 22.9 Å². The van der Waals surface area contributed by atoms with Crippen LogP contribution in [-0.2, 0) is 6.54 Å². The zero-order valence-electron chi connectivity index (χ0n) is 13.7. The highest BCUT2D eigenvalue weighted by molar-refractivity contribution is 9.10. The molecule has 2 aliphatic heterocycles. The molecule has 0 spiro atoms. The summed E-state index contributed by atoms with van der Waals surface area (Å²) in [7, 11) is 0. The molecule has 4 rings (SSSR count). The lowest BCUT2D eigenvalue weighted by molar-refractivity contribution is -0.901. The molecule has 0 amide bonds. The smallest absolute Gasteiger partial charge is 0.231 e. The lowest BCUT2D eigenvalue weighted by Gasteiger charge is -2.19. The first-order valence-corrected chi connectivity index (χ1v) is 9.28. The minimum absolute atomic E-state index is 0.0481. The number of hydrogen-bond acceptors (Lipinski definition) is 3. The molecule has 4 nitrogen and oxygen atoms in total. The molecular weight excluding hydrogens is 382 g/mol. The van der Waals surface area contributed by atoms with Crippen LogP contribution in [0, 0.1) is 0 Å². The maximum absolute atomic E-state index is 12.7. The summed E-state index contributed by atoms with van der Waals surface area (Å²) in [6, 6.07) is 10.7. The molecule has 0 saturated carbocycles. The van der Waals surface area contributed by atoms with Gasteiger partial charge in [-0.3, -0.25) is 4.79 Å². The number of likely N-dealkylation sites (tertiary alicyclic amines) is 1. The molecule has 0 aromatic heterocycles. The summed E-state index contributed by atoms with van der Waals surface area (Å²) in [5.41, 5.74) is 1.98. The summed E-state index contributed by atoms with van der Waals surface area (Å²) < 4.78 is 6.77. The molecule has 0 atom stereocenters. The lowest BCUT2D eigenvalue weighted by atomic mass is 10.0. The maximum Gasteiger partial charge on any atom is 0.231 e. The first-order chi connectivity index (χ1) is 12.1. The quantitative estimate of drug-likeness (QED) is 0.805. The van der Waals surface area contributed by atoms with Gasteiger partial charge in [-0.2, -0.15) is 0 Å². The number of quaternary nitrogens is 1. The van der Waals surface area contributed by atoms with Crippen molar-refractivity contribution in [2.45, 2.75) is 19.4 Å². The van der Waals surface area contributed by atoms with E-state index in [1.807, 2.05) is 24.3 Å². The van der Waals surface area contributed by atoms with E-state index in [1.54, 1.807) is 12.1 Å². The maximum atomic E-state index is 12.7. The van der Waals surface area contributed by atoms with Gasteiger partial charge in [0.25, 0.3) is 0 Å². The van der Waals surface area contributed by atoms with Crippen LogP contribution in [0.1, 0.15) is 34.3 Å². The van der Waals surface area contributed by atoms with Crippen molar-refractivity contribution in [3.63, 3.8) is 0 Å². The van der Waals surface area contributed by atoms with Crippen molar-refractivity contribution >= 4 is 27.8 Å². The summed E-state index contributed by atoms with van der Waals surface area (Å²) in [6.45, 7) is 2.75. The third kappa shape index (κ3) is 3.10. The van der Waals surface area contributed by atoms with Crippen molar-refractivity contribution in [2.24, 2.45) is 0 Å². The second-order valence-electron chi connectivity index (χ2n) is 6.51. The highest BCUT2D eigenvalue weighted by Crippen LogP contribution is 2.38. The van der Waals surface area contributed by atoms with E-state index in [4.69, 9.17) is 4.74 Å². The predicted octanol–water partition coefficient (Wildman–Crippen LogP) is 2.32. The number of nitrogens with one attached hydrogen (secondary N) is 1. The first-order valence-electron chi connectivity index (χ1n) is 8.49. The normalized spacial score (nSPS) is 18.6. The Labute approximate surface area is 154 Å². The van der Waals surface area contributed by atoms with E-state index in [2.05, 4.69) is 15.9 Å². The molecule has 2 heterocycles. The van der Waals surface area contributed by atoms with Crippen LogP contribution in [0.2, 0.25) is 0 Å². The Balaban J connectivity index is 1.70. The van der Waals surface area contributed by atoms with Gasteiger partial charge < -0.3 is 14.7 Å². The van der Waals surface area contributed by atoms with Crippen LogP contribution in [-0.4, -0.2) is 18.9 Å². The molecule has 2 aliphatic rings. The van der Waals surface area contributed by atoms with Crippen LogP contribution in [0.15, 0.2) is 46.6 Å². The van der Waals surface area contributed by atoms with Crippen molar-refractivity contribution in [3.8, 4) is 11.5 Å². The molecule has 0 aliphatic carbocycles. The van der Waals surface area contributed by atoms with E-state index < -0.39 is 0 Å². The van der Waals surface area contributed by atoms with E-state index in [1.165, 1.54) is 23.8 Å². The van der Waals surface area contributed by atoms with Crippen molar-refractivity contribution in [1.82, 2.24) is 0 Å². The molecule has 5 heteroatoms. The number of allylic oxidation sites excluding steroid dienone is 1. The highest BCUT2D eigenvalue weighted by Gasteiger charge is 2.31. The number of halogens is 1. The number of benzene rings is 2.